The van der Waals surface area contributed by atoms with Crippen LogP contribution in [0.2, 0.25) is 19.6 Å². The van der Waals surface area contributed by atoms with Crippen molar-refractivity contribution in [3.63, 3.8) is 0 Å². The number of nitrogen functional groups attached to an aromatic ring is 4. The highest BCUT2D eigenvalue weighted by Crippen LogP contribution is 2.39. The van der Waals surface area contributed by atoms with Gasteiger partial charge < -0.3 is 41.9 Å². The van der Waals surface area contributed by atoms with Crippen LogP contribution in [-0.2, 0) is 0 Å². The highest BCUT2D eigenvalue weighted by molar-refractivity contribution is 14.1. The van der Waals surface area contributed by atoms with Crippen LogP contribution < -0.4 is 41.9 Å². The summed E-state index contributed by atoms with van der Waals surface area (Å²) in [6.07, 6.45) is 2.94. The largest absolute Gasteiger partial charge is 0.496 e. The van der Waals surface area contributed by atoms with Crippen LogP contribution in [0.15, 0.2) is 36.7 Å². The summed E-state index contributed by atoms with van der Waals surface area (Å²) < 4.78 is 23.7. The van der Waals surface area contributed by atoms with E-state index in [-0.39, 0.29) is 35.4 Å². The molecule has 250 valence electrons. The van der Waals surface area contributed by atoms with Gasteiger partial charge in [-0.1, -0.05) is 53.3 Å². The molecule has 0 atom stereocenters. The van der Waals surface area contributed by atoms with E-state index in [1.807, 2.05) is 24.3 Å². The maximum atomic E-state index is 6.01. The van der Waals surface area contributed by atoms with Crippen molar-refractivity contribution in [1.82, 2.24) is 19.9 Å². The van der Waals surface area contributed by atoms with E-state index in [1.165, 1.54) is 12.4 Å². The van der Waals surface area contributed by atoms with Gasteiger partial charge in [0.2, 0.25) is 11.9 Å². The van der Waals surface area contributed by atoms with Gasteiger partial charge in [-0.3, -0.25) is 0 Å². The van der Waals surface area contributed by atoms with Gasteiger partial charge >= 0.3 is 0 Å². The molecule has 0 amide bonds. The van der Waals surface area contributed by atoms with Crippen molar-refractivity contribution in [2.45, 2.75) is 59.2 Å². The van der Waals surface area contributed by atoms with Crippen molar-refractivity contribution in [3.05, 3.63) is 56.9 Å². The second kappa shape index (κ2) is 15.9. The fourth-order valence-electron chi connectivity index (χ4n) is 4.07. The van der Waals surface area contributed by atoms with Crippen LogP contribution in [0.3, 0.4) is 0 Å². The molecule has 2 aromatic heterocycles. The van der Waals surface area contributed by atoms with Crippen LogP contribution in [-0.4, -0.2) is 42.2 Å². The van der Waals surface area contributed by atoms with E-state index in [2.05, 4.69) is 101 Å². The highest BCUT2D eigenvalue weighted by atomic mass is 127. The van der Waals surface area contributed by atoms with Crippen molar-refractivity contribution >= 4 is 54.2 Å². The van der Waals surface area contributed by atoms with E-state index >= 15 is 0 Å². The predicted molar refractivity (Wildman–Crippen MR) is 199 cm³/mol. The molecule has 4 aromatic rings. The third-order valence-electron chi connectivity index (χ3n) is 6.48. The third-order valence-corrected chi connectivity index (χ3v) is 8.19. The molecule has 0 saturated carbocycles. The zero-order valence-electron chi connectivity index (χ0n) is 28.2. The SMILES string of the molecule is COc1cc(C(C)C)c(Oc2cnc(N)nc2N)cc1C#C[Si](C)(C)C.COc1cc(C(C)C)c(Oc2cnc(N)nc2N)cc1I. The molecule has 0 unspecified atom stereocenters. The van der Waals surface area contributed by atoms with E-state index in [9.17, 15) is 0 Å². The smallest absolute Gasteiger partial charge is 0.222 e. The summed E-state index contributed by atoms with van der Waals surface area (Å²) in [6, 6.07) is 7.72. The average Bonchev–Trinajstić information content (AvgIpc) is 2.98. The number of hydrogen-bond acceptors (Lipinski definition) is 12. The minimum atomic E-state index is -1.53. The van der Waals surface area contributed by atoms with Crippen LogP contribution >= 0.6 is 22.6 Å². The molecule has 0 aliphatic heterocycles. The quantitative estimate of drug-likeness (QED) is 0.0819. The molecular weight excluding hydrogens is 727 g/mol. The molecule has 0 aliphatic rings. The lowest BCUT2D eigenvalue weighted by Gasteiger charge is -2.17. The number of ether oxygens (including phenoxy) is 4. The Morgan fingerprint density at radius 3 is 1.51 bits per heavy atom. The number of hydrogen-bond donors (Lipinski definition) is 4. The summed E-state index contributed by atoms with van der Waals surface area (Å²) in [7, 11) is 1.76. The number of methoxy groups -OCH3 is 2. The first-order valence-electron chi connectivity index (χ1n) is 14.8. The molecule has 0 saturated heterocycles. The molecule has 0 bridgehead atoms. The van der Waals surface area contributed by atoms with E-state index in [4.69, 9.17) is 41.9 Å². The van der Waals surface area contributed by atoms with Gasteiger partial charge in [-0.25, -0.2) is 9.97 Å². The number of rotatable bonds is 8. The number of aromatic nitrogens is 4. The summed E-state index contributed by atoms with van der Waals surface area (Å²) in [5.41, 5.74) is 28.9. The Morgan fingerprint density at radius 2 is 1.11 bits per heavy atom. The number of benzene rings is 2. The molecular formula is C33H43IN8O4Si. The molecule has 2 heterocycles. The number of halogens is 1. The van der Waals surface area contributed by atoms with Crippen molar-refractivity contribution in [1.29, 1.82) is 0 Å². The Hall–Kier alpha value is -4.49. The zero-order chi connectivity index (χ0) is 35.1. The maximum absolute atomic E-state index is 6.01. The van der Waals surface area contributed by atoms with Gasteiger partial charge in [0, 0.05) is 17.2 Å². The summed E-state index contributed by atoms with van der Waals surface area (Å²) >= 11 is 2.20. The van der Waals surface area contributed by atoms with Gasteiger partial charge in [-0.05, 0) is 52.6 Å². The molecule has 0 aliphatic carbocycles. The van der Waals surface area contributed by atoms with E-state index in [0.717, 1.165) is 31.8 Å². The summed E-state index contributed by atoms with van der Waals surface area (Å²) in [5, 5.41) is 0. The molecule has 14 heteroatoms. The molecule has 0 radical (unpaired) electrons. The lowest BCUT2D eigenvalue weighted by Crippen LogP contribution is -2.16. The van der Waals surface area contributed by atoms with Crippen LogP contribution in [0.4, 0.5) is 23.5 Å². The van der Waals surface area contributed by atoms with E-state index < -0.39 is 8.07 Å². The van der Waals surface area contributed by atoms with Crippen molar-refractivity contribution in [2.24, 2.45) is 0 Å². The number of anilines is 4. The molecule has 8 N–H and O–H groups in total. The lowest BCUT2D eigenvalue weighted by molar-refractivity contribution is 0.407. The number of nitrogens with two attached hydrogens (primary N) is 4. The second-order valence-corrected chi connectivity index (χ2v) is 18.0. The van der Waals surface area contributed by atoms with E-state index in [0.29, 0.717) is 23.0 Å². The fourth-order valence-corrected chi connectivity index (χ4v) is 5.24. The van der Waals surface area contributed by atoms with Gasteiger partial charge in [0.1, 0.15) is 31.1 Å². The van der Waals surface area contributed by atoms with Crippen molar-refractivity contribution < 1.29 is 18.9 Å². The minimum Gasteiger partial charge on any atom is -0.496 e. The molecule has 0 spiro atoms. The van der Waals surface area contributed by atoms with E-state index in [1.54, 1.807) is 14.2 Å². The van der Waals surface area contributed by atoms with Crippen molar-refractivity contribution in [3.8, 4) is 46.0 Å². The summed E-state index contributed by atoms with van der Waals surface area (Å²) in [5.74, 6) is 7.99. The van der Waals surface area contributed by atoms with Crippen LogP contribution in [0.5, 0.6) is 34.5 Å². The standard InChI is InChI=1S/C19H26N4O2Si.C14H17IN4O2/c1-12(2)14-10-15(24-3)13(7-8-26(4,5)6)9-16(14)25-17-11-22-19(21)23-18(17)20;1-7(2)8-4-11(20-3)9(15)5-10(8)21-12-6-18-14(17)19-13(12)16/h9-12H,1-6H3,(H4,20,21,22,23);4-7H,1-3H3,(H4,16,17,18,19). The first kappa shape index (κ1) is 37.0. The Kier molecular flexibility index (Phi) is 12.5. The first-order chi connectivity index (χ1) is 22.0. The zero-order valence-corrected chi connectivity index (χ0v) is 31.4. The predicted octanol–water partition coefficient (Wildman–Crippen LogP) is 6.96. The summed E-state index contributed by atoms with van der Waals surface area (Å²) in [4.78, 5) is 15.7. The molecule has 0 fully saturated rings. The Labute approximate surface area is 291 Å². The first-order valence-corrected chi connectivity index (χ1v) is 19.3. The number of nitrogens with zero attached hydrogens (tertiary/aromatic N) is 4. The lowest BCUT2D eigenvalue weighted by atomic mass is 9.99. The van der Waals surface area contributed by atoms with Crippen molar-refractivity contribution in [2.75, 3.05) is 37.2 Å². The van der Waals surface area contributed by atoms with Crippen LogP contribution in [0.25, 0.3) is 0 Å². The maximum Gasteiger partial charge on any atom is 0.222 e. The molecule has 12 nitrogen and oxygen atoms in total. The monoisotopic (exact) mass is 770 g/mol. The van der Waals surface area contributed by atoms with Crippen LogP contribution in [0, 0.1) is 15.0 Å². The second-order valence-electron chi connectivity index (χ2n) is 12.1. The van der Waals surface area contributed by atoms with Crippen LogP contribution in [0.1, 0.15) is 56.2 Å². The normalized spacial score (nSPS) is 10.9. The Bertz CT molecular complexity index is 1790. The summed E-state index contributed by atoms with van der Waals surface area (Å²) in [6.45, 7) is 14.9. The van der Waals surface area contributed by atoms with Gasteiger partial charge in [-0.2, -0.15) is 9.97 Å². The van der Waals surface area contributed by atoms with Gasteiger partial charge in [0.15, 0.2) is 23.1 Å². The average molecular weight is 771 g/mol. The third kappa shape index (κ3) is 10.2. The molecule has 4 rings (SSSR count). The minimum absolute atomic E-state index is 0.107. The highest BCUT2D eigenvalue weighted by Gasteiger charge is 2.18. The molecule has 47 heavy (non-hydrogen) atoms. The Morgan fingerprint density at radius 1 is 0.660 bits per heavy atom. The van der Waals surface area contributed by atoms with Gasteiger partial charge in [0.25, 0.3) is 0 Å². The Balaban J connectivity index is 0.000000261. The van der Waals surface area contributed by atoms with Gasteiger partial charge in [0.05, 0.1) is 35.7 Å². The molecule has 2 aromatic carbocycles. The fraction of sp³-hybridized carbons (Fsp3) is 0.333. The topological polar surface area (TPSA) is 193 Å². The van der Waals surface area contributed by atoms with Gasteiger partial charge in [-0.15, -0.1) is 5.54 Å².